The third kappa shape index (κ3) is 5.98. The fraction of sp³-hybridized carbons (Fsp3) is 0.179. The smallest absolute Gasteiger partial charge is 0.241 e. The van der Waals surface area contributed by atoms with Crippen LogP contribution in [0, 0.1) is 0 Å². The minimum absolute atomic E-state index is 0.159. The number of amides is 1. The van der Waals surface area contributed by atoms with Gasteiger partial charge in [-0.3, -0.25) is 4.79 Å². The van der Waals surface area contributed by atoms with Crippen LogP contribution in [0.2, 0.25) is 0 Å². The fourth-order valence-corrected chi connectivity index (χ4v) is 3.58. The molecule has 4 rings (SSSR count). The Bertz CT molecular complexity index is 1220. The molecule has 1 aromatic heterocycles. The van der Waals surface area contributed by atoms with Gasteiger partial charge in [0.05, 0.1) is 30.5 Å². The molecule has 0 aliphatic rings. The second-order valence-electron chi connectivity index (χ2n) is 7.83. The summed E-state index contributed by atoms with van der Waals surface area (Å²) in [5.41, 5.74) is 7.49. The van der Waals surface area contributed by atoms with Crippen molar-refractivity contribution < 1.29 is 9.53 Å². The van der Waals surface area contributed by atoms with Crippen molar-refractivity contribution in [1.29, 1.82) is 0 Å². The Hall–Kier alpha value is -4.19. The highest BCUT2D eigenvalue weighted by Crippen LogP contribution is 2.31. The Labute approximate surface area is 199 Å². The maximum absolute atomic E-state index is 12.4. The maximum Gasteiger partial charge on any atom is 0.241 e. The molecule has 1 N–H and O–H groups in total. The number of aromatic nitrogens is 2. The number of hydrogen-bond acceptors (Lipinski definition) is 4. The molecule has 172 valence electrons. The van der Waals surface area contributed by atoms with E-state index in [0.717, 1.165) is 40.2 Å². The predicted octanol–water partition coefficient (Wildman–Crippen LogP) is 5.55. The van der Waals surface area contributed by atoms with E-state index >= 15 is 0 Å². The number of imidazole rings is 1. The molecule has 0 bridgehead atoms. The number of ether oxygens (including phenoxy) is 1. The molecule has 0 spiro atoms. The van der Waals surface area contributed by atoms with Crippen LogP contribution in [0.25, 0.3) is 22.5 Å². The summed E-state index contributed by atoms with van der Waals surface area (Å²) < 4.78 is 7.60. The van der Waals surface area contributed by atoms with Crippen LogP contribution in [-0.4, -0.2) is 28.3 Å². The van der Waals surface area contributed by atoms with Crippen LogP contribution in [0.4, 0.5) is 0 Å². The van der Waals surface area contributed by atoms with Gasteiger partial charge in [0.2, 0.25) is 5.91 Å². The lowest BCUT2D eigenvalue weighted by molar-refractivity contribution is -0.121. The van der Waals surface area contributed by atoms with Gasteiger partial charge in [-0.2, -0.15) is 5.10 Å². The number of rotatable bonds is 10. The Morgan fingerprint density at radius 3 is 2.32 bits per heavy atom. The Morgan fingerprint density at radius 1 is 0.971 bits per heavy atom. The second-order valence-corrected chi connectivity index (χ2v) is 7.83. The zero-order valence-corrected chi connectivity index (χ0v) is 19.2. The van der Waals surface area contributed by atoms with Crippen molar-refractivity contribution in [3.63, 3.8) is 0 Å². The first-order chi connectivity index (χ1) is 16.7. The third-order valence-electron chi connectivity index (χ3n) is 5.27. The monoisotopic (exact) mass is 452 g/mol. The van der Waals surface area contributed by atoms with E-state index in [1.807, 2.05) is 77.4 Å². The lowest BCUT2D eigenvalue weighted by atomic mass is 10.0. The molecule has 1 amide bonds. The van der Waals surface area contributed by atoms with E-state index in [9.17, 15) is 4.79 Å². The molecule has 34 heavy (non-hydrogen) atoms. The van der Waals surface area contributed by atoms with Crippen LogP contribution in [0.5, 0.6) is 5.75 Å². The summed E-state index contributed by atoms with van der Waals surface area (Å²) in [6.45, 7) is 3.26. The quantitative estimate of drug-likeness (QED) is 0.253. The van der Waals surface area contributed by atoms with Crippen LogP contribution in [0.3, 0.4) is 0 Å². The van der Waals surface area contributed by atoms with Gasteiger partial charge in [0.15, 0.2) is 0 Å². The van der Waals surface area contributed by atoms with Gasteiger partial charge in [-0.25, -0.2) is 10.4 Å². The highest BCUT2D eigenvalue weighted by atomic mass is 16.5. The van der Waals surface area contributed by atoms with E-state index in [1.165, 1.54) is 0 Å². The van der Waals surface area contributed by atoms with Crippen LogP contribution < -0.4 is 10.2 Å². The van der Waals surface area contributed by atoms with Gasteiger partial charge in [0, 0.05) is 24.1 Å². The highest BCUT2D eigenvalue weighted by molar-refractivity contribution is 5.83. The minimum atomic E-state index is -0.159. The first-order valence-corrected chi connectivity index (χ1v) is 11.5. The molecule has 0 aliphatic heterocycles. The summed E-state index contributed by atoms with van der Waals surface area (Å²) in [7, 11) is 0. The van der Waals surface area contributed by atoms with Crippen molar-refractivity contribution >= 4 is 12.1 Å². The van der Waals surface area contributed by atoms with Gasteiger partial charge in [-0.05, 0) is 36.2 Å². The second kappa shape index (κ2) is 11.6. The number of nitrogens with zero attached hydrogens (tertiary/aromatic N) is 3. The van der Waals surface area contributed by atoms with Gasteiger partial charge in [-0.1, -0.05) is 67.6 Å². The largest absolute Gasteiger partial charge is 0.494 e. The summed E-state index contributed by atoms with van der Waals surface area (Å²) in [6, 6.07) is 27.8. The molecule has 0 aliphatic carbocycles. The van der Waals surface area contributed by atoms with E-state index in [-0.39, 0.29) is 12.3 Å². The summed E-state index contributed by atoms with van der Waals surface area (Å²) in [6.07, 6.45) is 4.67. The molecule has 6 heteroatoms. The predicted molar refractivity (Wildman–Crippen MR) is 136 cm³/mol. The number of nitrogens with one attached hydrogen (secondary N) is 1. The van der Waals surface area contributed by atoms with E-state index in [0.29, 0.717) is 13.2 Å². The van der Waals surface area contributed by atoms with E-state index < -0.39 is 0 Å². The Balaban J connectivity index is 1.40. The number of carbonyl (C=O) groups is 1. The molecule has 3 aromatic carbocycles. The fourth-order valence-electron chi connectivity index (χ4n) is 3.58. The van der Waals surface area contributed by atoms with Gasteiger partial charge in [-0.15, -0.1) is 0 Å². The van der Waals surface area contributed by atoms with Crippen LogP contribution >= 0.6 is 0 Å². The Morgan fingerprint density at radius 2 is 1.65 bits per heavy atom. The zero-order valence-electron chi connectivity index (χ0n) is 19.2. The molecule has 0 radical (unpaired) electrons. The van der Waals surface area contributed by atoms with Gasteiger partial charge in [0.1, 0.15) is 5.75 Å². The Kier molecular flexibility index (Phi) is 7.85. The van der Waals surface area contributed by atoms with E-state index in [4.69, 9.17) is 4.74 Å². The normalized spacial score (nSPS) is 11.0. The maximum atomic E-state index is 12.4. The topological polar surface area (TPSA) is 68.5 Å². The zero-order chi connectivity index (χ0) is 23.6. The number of aryl methyl sites for hydroxylation is 1. The number of benzene rings is 3. The molecule has 0 atom stereocenters. The van der Waals surface area contributed by atoms with Gasteiger partial charge < -0.3 is 9.30 Å². The minimum Gasteiger partial charge on any atom is -0.494 e. The molecule has 1 heterocycles. The average molecular weight is 453 g/mol. The van der Waals surface area contributed by atoms with Crippen molar-refractivity contribution in [2.24, 2.45) is 5.10 Å². The molecule has 6 nitrogen and oxygen atoms in total. The summed E-state index contributed by atoms with van der Waals surface area (Å²) in [5.74, 6) is 0.667. The molecule has 0 saturated carbocycles. The van der Waals surface area contributed by atoms with E-state index in [2.05, 4.69) is 34.6 Å². The average Bonchev–Trinajstić information content (AvgIpc) is 3.32. The van der Waals surface area contributed by atoms with Crippen molar-refractivity contribution in [1.82, 2.24) is 15.0 Å². The molecular formula is C28H28N4O2. The molecular weight excluding hydrogens is 424 g/mol. The lowest BCUT2D eigenvalue weighted by Gasteiger charge is -2.10. The first-order valence-electron chi connectivity index (χ1n) is 11.5. The molecule has 4 aromatic rings. The van der Waals surface area contributed by atoms with Crippen LogP contribution in [0.1, 0.15) is 25.3 Å². The number of hydrogen-bond donors (Lipinski definition) is 1. The van der Waals surface area contributed by atoms with Crippen molar-refractivity contribution in [3.05, 3.63) is 96.8 Å². The SMILES string of the molecule is CCCOc1ccc(/C=N\NC(=O)CCn2cnc(-c3ccccc3)c2-c2ccccc2)cc1. The number of hydrazone groups is 1. The van der Waals surface area contributed by atoms with Crippen molar-refractivity contribution in [3.8, 4) is 28.3 Å². The number of carbonyl (C=O) groups excluding carboxylic acids is 1. The highest BCUT2D eigenvalue weighted by Gasteiger charge is 2.15. The molecule has 0 unspecified atom stereocenters. The van der Waals surface area contributed by atoms with Crippen LogP contribution in [0.15, 0.2) is 96.4 Å². The van der Waals surface area contributed by atoms with Crippen LogP contribution in [-0.2, 0) is 11.3 Å². The lowest BCUT2D eigenvalue weighted by Crippen LogP contribution is -2.19. The van der Waals surface area contributed by atoms with Crippen molar-refractivity contribution in [2.45, 2.75) is 26.3 Å². The third-order valence-corrected chi connectivity index (χ3v) is 5.27. The molecule has 0 saturated heterocycles. The summed E-state index contributed by atoms with van der Waals surface area (Å²) in [4.78, 5) is 17.1. The van der Waals surface area contributed by atoms with E-state index in [1.54, 1.807) is 12.5 Å². The summed E-state index contributed by atoms with van der Waals surface area (Å²) in [5, 5.41) is 4.09. The summed E-state index contributed by atoms with van der Waals surface area (Å²) >= 11 is 0. The standard InChI is InChI=1S/C28H28N4O2/c1-2-19-34-25-15-13-22(14-16-25)20-30-31-26(33)17-18-32-21-29-27(23-9-5-3-6-10-23)28(32)24-11-7-4-8-12-24/h3-16,20-21H,2,17-19H2,1H3,(H,31,33)/b30-20-. The van der Waals surface area contributed by atoms with Crippen molar-refractivity contribution in [2.75, 3.05) is 6.61 Å². The molecule has 0 fully saturated rings. The first kappa shape index (κ1) is 23.0. The van der Waals surface area contributed by atoms with Gasteiger partial charge in [0.25, 0.3) is 0 Å². The van der Waals surface area contributed by atoms with Gasteiger partial charge >= 0.3 is 0 Å².